The molecule has 0 spiro atoms. The van der Waals surface area contributed by atoms with Gasteiger partial charge in [-0.3, -0.25) is 9.69 Å². The first-order valence-electron chi connectivity index (χ1n) is 6.49. The average molecular weight is 329 g/mol. The molecule has 1 aliphatic heterocycles. The third-order valence-electron chi connectivity index (χ3n) is 3.61. The van der Waals surface area contributed by atoms with Gasteiger partial charge in [0.05, 0.1) is 0 Å². The lowest BCUT2D eigenvalue weighted by molar-refractivity contribution is -0.119. The monoisotopic (exact) mass is 328 g/mol. The van der Waals surface area contributed by atoms with Crippen LogP contribution in [-0.4, -0.2) is 23.9 Å². The summed E-state index contributed by atoms with van der Waals surface area (Å²) in [6.07, 6.45) is 2.50. The molecule has 104 valence electrons. The largest absolute Gasteiger partial charge is 0.370 e. The standard InChI is InChI=1S/C14H18BrFN2O/c15-13-8-12(16)2-1-11(13)9-18-5-3-10(4-6-18)7-14(17)19/h1-2,8,10H,3-7,9H2,(H2,17,19). The van der Waals surface area contributed by atoms with Crippen molar-refractivity contribution in [3.8, 4) is 0 Å². The maximum atomic E-state index is 13.0. The molecule has 1 aromatic rings. The van der Waals surface area contributed by atoms with Gasteiger partial charge < -0.3 is 5.73 Å². The number of halogens is 2. The molecule has 0 atom stereocenters. The smallest absolute Gasteiger partial charge is 0.217 e. The first-order chi connectivity index (χ1) is 9.04. The molecular formula is C14H18BrFN2O. The predicted octanol–water partition coefficient (Wildman–Crippen LogP) is 2.68. The Morgan fingerprint density at radius 1 is 1.42 bits per heavy atom. The number of carbonyl (C=O) groups is 1. The number of rotatable bonds is 4. The van der Waals surface area contributed by atoms with Gasteiger partial charge in [0.1, 0.15) is 5.82 Å². The van der Waals surface area contributed by atoms with Crippen molar-refractivity contribution in [3.63, 3.8) is 0 Å². The Morgan fingerprint density at radius 2 is 2.11 bits per heavy atom. The van der Waals surface area contributed by atoms with Crippen LogP contribution in [0, 0.1) is 11.7 Å². The topological polar surface area (TPSA) is 46.3 Å². The summed E-state index contributed by atoms with van der Waals surface area (Å²) in [5, 5.41) is 0. The van der Waals surface area contributed by atoms with E-state index in [2.05, 4.69) is 20.8 Å². The Kier molecular flexibility index (Phi) is 4.93. The quantitative estimate of drug-likeness (QED) is 0.923. The van der Waals surface area contributed by atoms with Crippen LogP contribution in [0.15, 0.2) is 22.7 Å². The van der Waals surface area contributed by atoms with Crippen LogP contribution in [0.25, 0.3) is 0 Å². The third-order valence-corrected chi connectivity index (χ3v) is 4.34. The Hall–Kier alpha value is -0.940. The van der Waals surface area contributed by atoms with Crippen molar-refractivity contribution in [3.05, 3.63) is 34.1 Å². The second-order valence-electron chi connectivity index (χ2n) is 5.13. The predicted molar refractivity (Wildman–Crippen MR) is 75.9 cm³/mol. The van der Waals surface area contributed by atoms with Gasteiger partial charge in [-0.25, -0.2) is 4.39 Å². The van der Waals surface area contributed by atoms with Gasteiger partial charge in [0, 0.05) is 17.4 Å². The molecule has 0 aliphatic carbocycles. The van der Waals surface area contributed by atoms with E-state index in [0.29, 0.717) is 12.3 Å². The molecule has 0 bridgehead atoms. The van der Waals surface area contributed by atoms with Crippen LogP contribution in [0.5, 0.6) is 0 Å². The summed E-state index contributed by atoms with van der Waals surface area (Å²) in [6.45, 7) is 2.73. The molecule has 1 heterocycles. The fourth-order valence-electron chi connectivity index (χ4n) is 2.52. The van der Waals surface area contributed by atoms with E-state index in [4.69, 9.17) is 5.73 Å². The van der Waals surface area contributed by atoms with Crippen molar-refractivity contribution >= 4 is 21.8 Å². The Bertz CT molecular complexity index is 459. The van der Waals surface area contributed by atoms with Gasteiger partial charge in [0.25, 0.3) is 0 Å². The van der Waals surface area contributed by atoms with E-state index in [0.717, 1.165) is 42.5 Å². The van der Waals surface area contributed by atoms with Crippen LogP contribution in [-0.2, 0) is 11.3 Å². The summed E-state index contributed by atoms with van der Waals surface area (Å²) in [6, 6.07) is 4.80. The van der Waals surface area contributed by atoms with Crippen molar-refractivity contribution < 1.29 is 9.18 Å². The summed E-state index contributed by atoms with van der Waals surface area (Å²) in [7, 11) is 0. The second-order valence-corrected chi connectivity index (χ2v) is 5.98. The van der Waals surface area contributed by atoms with Crippen LogP contribution in [0.4, 0.5) is 4.39 Å². The van der Waals surface area contributed by atoms with Gasteiger partial charge >= 0.3 is 0 Å². The number of hydrogen-bond donors (Lipinski definition) is 1. The van der Waals surface area contributed by atoms with Crippen molar-refractivity contribution in [1.29, 1.82) is 0 Å². The lowest BCUT2D eigenvalue weighted by Crippen LogP contribution is -2.34. The van der Waals surface area contributed by atoms with E-state index in [-0.39, 0.29) is 11.7 Å². The van der Waals surface area contributed by atoms with Gasteiger partial charge in [-0.2, -0.15) is 0 Å². The number of benzene rings is 1. The third kappa shape index (κ3) is 4.28. The van der Waals surface area contributed by atoms with Crippen molar-refractivity contribution in [2.24, 2.45) is 11.7 Å². The number of amides is 1. The Balaban J connectivity index is 1.87. The molecule has 1 aliphatic rings. The molecule has 3 nitrogen and oxygen atoms in total. The molecule has 1 fully saturated rings. The van der Waals surface area contributed by atoms with Gasteiger partial charge in [-0.15, -0.1) is 0 Å². The normalized spacial score (nSPS) is 17.6. The minimum absolute atomic E-state index is 0.209. The van der Waals surface area contributed by atoms with E-state index in [1.165, 1.54) is 12.1 Å². The maximum Gasteiger partial charge on any atom is 0.217 e. The number of primary amides is 1. The van der Waals surface area contributed by atoms with E-state index in [1.807, 2.05) is 6.07 Å². The van der Waals surface area contributed by atoms with Crippen molar-refractivity contribution in [2.75, 3.05) is 13.1 Å². The van der Waals surface area contributed by atoms with E-state index in [9.17, 15) is 9.18 Å². The van der Waals surface area contributed by atoms with Crippen LogP contribution < -0.4 is 5.73 Å². The van der Waals surface area contributed by atoms with Crippen LogP contribution in [0.3, 0.4) is 0 Å². The molecule has 2 N–H and O–H groups in total. The molecule has 0 unspecified atom stereocenters. The zero-order chi connectivity index (χ0) is 13.8. The summed E-state index contributed by atoms with van der Waals surface area (Å²) >= 11 is 3.39. The molecule has 1 amide bonds. The number of nitrogens with zero attached hydrogens (tertiary/aromatic N) is 1. The summed E-state index contributed by atoms with van der Waals surface area (Å²) in [5.41, 5.74) is 6.31. The molecule has 1 saturated heterocycles. The van der Waals surface area contributed by atoms with Gasteiger partial charge in [0.2, 0.25) is 5.91 Å². The van der Waals surface area contributed by atoms with E-state index in [1.54, 1.807) is 0 Å². The molecule has 19 heavy (non-hydrogen) atoms. The van der Waals surface area contributed by atoms with E-state index < -0.39 is 0 Å². The van der Waals surface area contributed by atoms with Gasteiger partial charge in [0.15, 0.2) is 0 Å². The fourth-order valence-corrected chi connectivity index (χ4v) is 3.00. The zero-order valence-electron chi connectivity index (χ0n) is 10.7. The summed E-state index contributed by atoms with van der Waals surface area (Å²) in [4.78, 5) is 13.2. The average Bonchev–Trinajstić information content (AvgIpc) is 2.34. The highest BCUT2D eigenvalue weighted by molar-refractivity contribution is 9.10. The molecule has 5 heteroatoms. The molecule has 0 radical (unpaired) electrons. The minimum atomic E-state index is -0.226. The number of hydrogen-bond acceptors (Lipinski definition) is 2. The fraction of sp³-hybridized carbons (Fsp3) is 0.500. The highest BCUT2D eigenvalue weighted by Crippen LogP contribution is 2.24. The van der Waals surface area contributed by atoms with Crippen LogP contribution in [0.1, 0.15) is 24.8 Å². The molecular weight excluding hydrogens is 311 g/mol. The zero-order valence-corrected chi connectivity index (χ0v) is 12.3. The SMILES string of the molecule is NC(=O)CC1CCN(Cc2ccc(F)cc2Br)CC1. The number of piperidine rings is 1. The highest BCUT2D eigenvalue weighted by Gasteiger charge is 2.21. The van der Waals surface area contributed by atoms with Crippen molar-refractivity contribution in [2.45, 2.75) is 25.8 Å². The number of carbonyl (C=O) groups excluding carboxylic acids is 1. The number of likely N-dealkylation sites (tertiary alicyclic amines) is 1. The minimum Gasteiger partial charge on any atom is -0.370 e. The molecule has 0 aromatic heterocycles. The maximum absolute atomic E-state index is 13.0. The Labute approximate surface area is 121 Å². The Morgan fingerprint density at radius 3 is 2.68 bits per heavy atom. The summed E-state index contributed by atoms with van der Waals surface area (Å²) < 4.78 is 13.8. The van der Waals surface area contributed by atoms with Gasteiger partial charge in [-0.1, -0.05) is 22.0 Å². The number of nitrogens with two attached hydrogens (primary N) is 1. The lowest BCUT2D eigenvalue weighted by Gasteiger charge is -2.31. The highest BCUT2D eigenvalue weighted by atomic mass is 79.9. The van der Waals surface area contributed by atoms with Crippen molar-refractivity contribution in [1.82, 2.24) is 4.90 Å². The summed E-state index contributed by atoms with van der Waals surface area (Å²) in [5.74, 6) is -0.0130. The van der Waals surface area contributed by atoms with Crippen LogP contribution >= 0.6 is 15.9 Å². The first-order valence-corrected chi connectivity index (χ1v) is 7.28. The first kappa shape index (κ1) is 14.5. The second kappa shape index (κ2) is 6.48. The molecule has 2 rings (SSSR count). The molecule has 1 aromatic carbocycles. The lowest BCUT2D eigenvalue weighted by atomic mass is 9.93. The van der Waals surface area contributed by atoms with Gasteiger partial charge in [-0.05, 0) is 49.5 Å². The molecule has 0 saturated carbocycles. The van der Waals surface area contributed by atoms with E-state index >= 15 is 0 Å². The van der Waals surface area contributed by atoms with Crippen LogP contribution in [0.2, 0.25) is 0 Å².